The van der Waals surface area contributed by atoms with Crippen molar-refractivity contribution in [3.05, 3.63) is 70.4 Å². The second kappa shape index (κ2) is 8.78. The van der Waals surface area contributed by atoms with Crippen LogP contribution in [0.2, 0.25) is 0 Å². The fraction of sp³-hybridized carbons (Fsp3) is 0.200. The van der Waals surface area contributed by atoms with Crippen LogP contribution in [0.25, 0.3) is 10.8 Å². The zero-order chi connectivity index (χ0) is 21.0. The van der Waals surface area contributed by atoms with Crippen molar-refractivity contribution in [2.45, 2.75) is 20.4 Å². The molecule has 29 heavy (non-hydrogen) atoms. The molecular weight excluding hydrogens is 393 g/mol. The molecule has 0 atom stereocenters. The molecule has 7 nitrogen and oxygen atoms in total. The van der Waals surface area contributed by atoms with E-state index in [4.69, 9.17) is 12.2 Å². The van der Waals surface area contributed by atoms with Crippen LogP contribution in [0.15, 0.2) is 53.3 Å². The number of hydrogen-bond donors (Lipinski definition) is 3. The lowest BCUT2D eigenvalue weighted by molar-refractivity contribution is 0.0938. The Balaban J connectivity index is 1.79. The average Bonchev–Trinajstić information content (AvgIpc) is 2.70. The molecular formula is C20H20FN5O2S. The lowest BCUT2D eigenvalue weighted by atomic mass is 10.1. The van der Waals surface area contributed by atoms with Gasteiger partial charge in [-0.2, -0.15) is 5.10 Å². The first-order valence-corrected chi connectivity index (χ1v) is 9.38. The summed E-state index contributed by atoms with van der Waals surface area (Å²) in [5, 5.41) is 8.07. The van der Waals surface area contributed by atoms with E-state index in [2.05, 4.69) is 21.3 Å². The van der Waals surface area contributed by atoms with E-state index in [1.807, 2.05) is 13.8 Å². The number of hydrazine groups is 1. The molecule has 0 saturated carbocycles. The monoisotopic (exact) mass is 413 g/mol. The van der Waals surface area contributed by atoms with Gasteiger partial charge in [-0.15, -0.1) is 0 Å². The Labute approximate surface area is 171 Å². The Hall–Kier alpha value is -3.33. The SMILES string of the molecule is CC(C)Cn1nc(C(=O)NNC(=S)Nc2ccc(F)cc2)c2ccccc2c1=O. The van der Waals surface area contributed by atoms with E-state index < -0.39 is 5.91 Å². The van der Waals surface area contributed by atoms with Crippen molar-refractivity contribution < 1.29 is 9.18 Å². The zero-order valence-electron chi connectivity index (χ0n) is 15.9. The molecule has 0 radical (unpaired) electrons. The summed E-state index contributed by atoms with van der Waals surface area (Å²) < 4.78 is 14.3. The van der Waals surface area contributed by atoms with Crippen molar-refractivity contribution in [2.24, 2.45) is 5.92 Å². The molecule has 0 unspecified atom stereocenters. The maximum absolute atomic E-state index is 13.0. The minimum Gasteiger partial charge on any atom is -0.331 e. The van der Waals surface area contributed by atoms with E-state index in [0.717, 1.165) is 0 Å². The molecule has 0 bridgehead atoms. The summed E-state index contributed by atoms with van der Waals surface area (Å²) in [7, 11) is 0. The number of carbonyl (C=O) groups excluding carboxylic acids is 1. The first-order chi connectivity index (χ1) is 13.8. The average molecular weight is 413 g/mol. The molecule has 2 aromatic carbocycles. The van der Waals surface area contributed by atoms with Gasteiger partial charge < -0.3 is 5.32 Å². The van der Waals surface area contributed by atoms with Gasteiger partial charge in [0.25, 0.3) is 11.5 Å². The van der Waals surface area contributed by atoms with Crippen LogP contribution >= 0.6 is 12.2 Å². The van der Waals surface area contributed by atoms with Crippen LogP contribution in [-0.2, 0) is 6.54 Å². The highest BCUT2D eigenvalue weighted by Gasteiger charge is 2.17. The fourth-order valence-corrected chi connectivity index (χ4v) is 2.91. The number of benzene rings is 2. The second-order valence-corrected chi connectivity index (χ2v) is 7.22. The molecule has 0 saturated heterocycles. The van der Waals surface area contributed by atoms with Gasteiger partial charge in [0.05, 0.1) is 5.39 Å². The van der Waals surface area contributed by atoms with Crippen LogP contribution < -0.4 is 21.7 Å². The van der Waals surface area contributed by atoms with Crippen molar-refractivity contribution in [1.29, 1.82) is 0 Å². The molecule has 150 valence electrons. The third kappa shape index (κ3) is 4.94. The van der Waals surface area contributed by atoms with Crippen LogP contribution in [0.3, 0.4) is 0 Å². The molecule has 3 aromatic rings. The van der Waals surface area contributed by atoms with Gasteiger partial charge in [0, 0.05) is 17.6 Å². The van der Waals surface area contributed by atoms with Gasteiger partial charge in [0.2, 0.25) is 0 Å². The third-order valence-corrected chi connectivity index (χ3v) is 4.22. The van der Waals surface area contributed by atoms with E-state index in [1.54, 1.807) is 24.3 Å². The first-order valence-electron chi connectivity index (χ1n) is 8.98. The van der Waals surface area contributed by atoms with Crippen molar-refractivity contribution in [3.8, 4) is 0 Å². The number of nitrogens with zero attached hydrogens (tertiary/aromatic N) is 2. The van der Waals surface area contributed by atoms with Crippen LogP contribution in [0.4, 0.5) is 10.1 Å². The lowest BCUT2D eigenvalue weighted by Crippen LogP contribution is -2.44. The first kappa shape index (κ1) is 20.4. The Morgan fingerprint density at radius 2 is 1.76 bits per heavy atom. The number of hydrogen-bond acceptors (Lipinski definition) is 4. The van der Waals surface area contributed by atoms with Crippen molar-refractivity contribution in [2.75, 3.05) is 5.32 Å². The van der Waals surface area contributed by atoms with Crippen LogP contribution in [0.5, 0.6) is 0 Å². The van der Waals surface area contributed by atoms with E-state index in [-0.39, 0.29) is 28.1 Å². The Kier molecular flexibility index (Phi) is 6.18. The minimum atomic E-state index is -0.540. The highest BCUT2D eigenvalue weighted by molar-refractivity contribution is 7.80. The van der Waals surface area contributed by atoms with E-state index in [0.29, 0.717) is 23.0 Å². The highest BCUT2D eigenvalue weighted by Crippen LogP contribution is 2.13. The number of thiocarbonyl (C=S) groups is 1. The summed E-state index contributed by atoms with van der Waals surface area (Å²) >= 11 is 5.13. The fourth-order valence-electron chi connectivity index (χ4n) is 2.74. The maximum Gasteiger partial charge on any atom is 0.290 e. The van der Waals surface area contributed by atoms with Gasteiger partial charge in [-0.25, -0.2) is 9.07 Å². The lowest BCUT2D eigenvalue weighted by Gasteiger charge is -2.14. The van der Waals surface area contributed by atoms with Crippen molar-refractivity contribution in [3.63, 3.8) is 0 Å². The number of halogens is 1. The topological polar surface area (TPSA) is 88.1 Å². The van der Waals surface area contributed by atoms with E-state index in [9.17, 15) is 14.0 Å². The quantitative estimate of drug-likeness (QED) is 0.450. The number of amides is 1. The number of aromatic nitrogens is 2. The summed E-state index contributed by atoms with van der Waals surface area (Å²) in [6.07, 6.45) is 0. The number of fused-ring (bicyclic) bond motifs is 1. The molecule has 3 N–H and O–H groups in total. The molecule has 0 aliphatic heterocycles. The predicted molar refractivity (Wildman–Crippen MR) is 114 cm³/mol. The summed E-state index contributed by atoms with van der Waals surface area (Å²) in [4.78, 5) is 25.3. The minimum absolute atomic E-state index is 0.109. The molecule has 0 fully saturated rings. The van der Waals surface area contributed by atoms with Gasteiger partial charge in [0.1, 0.15) is 5.82 Å². The van der Waals surface area contributed by atoms with Crippen molar-refractivity contribution in [1.82, 2.24) is 20.6 Å². The van der Waals surface area contributed by atoms with E-state index in [1.165, 1.54) is 28.9 Å². The Morgan fingerprint density at radius 3 is 2.41 bits per heavy atom. The molecule has 3 rings (SSSR count). The Bertz CT molecular complexity index is 1110. The maximum atomic E-state index is 13.0. The smallest absolute Gasteiger partial charge is 0.290 e. The third-order valence-electron chi connectivity index (χ3n) is 4.01. The van der Waals surface area contributed by atoms with Gasteiger partial charge in [-0.05, 0) is 48.5 Å². The summed E-state index contributed by atoms with van der Waals surface area (Å²) in [6.45, 7) is 4.32. The normalized spacial score (nSPS) is 10.8. The predicted octanol–water partition coefficient (Wildman–Crippen LogP) is 2.82. The van der Waals surface area contributed by atoms with Gasteiger partial charge in [-0.3, -0.25) is 20.4 Å². The van der Waals surface area contributed by atoms with Crippen LogP contribution in [-0.4, -0.2) is 20.8 Å². The van der Waals surface area contributed by atoms with Crippen LogP contribution in [0.1, 0.15) is 24.3 Å². The summed E-state index contributed by atoms with van der Waals surface area (Å²) in [5.41, 5.74) is 5.49. The second-order valence-electron chi connectivity index (χ2n) is 6.82. The zero-order valence-corrected chi connectivity index (χ0v) is 16.7. The van der Waals surface area contributed by atoms with Gasteiger partial charge in [0.15, 0.2) is 10.8 Å². The number of anilines is 1. The molecule has 0 spiro atoms. The summed E-state index contributed by atoms with van der Waals surface area (Å²) in [6, 6.07) is 12.4. The number of nitrogens with one attached hydrogen (secondary N) is 3. The van der Waals surface area contributed by atoms with Crippen LogP contribution in [0, 0.1) is 11.7 Å². The molecule has 1 aromatic heterocycles. The summed E-state index contributed by atoms with van der Waals surface area (Å²) in [5.74, 6) is -0.720. The molecule has 9 heteroatoms. The molecule has 1 heterocycles. The highest BCUT2D eigenvalue weighted by atomic mass is 32.1. The van der Waals surface area contributed by atoms with Gasteiger partial charge in [-0.1, -0.05) is 32.0 Å². The number of carbonyl (C=O) groups is 1. The molecule has 1 amide bonds. The molecule has 0 aliphatic rings. The standard InChI is InChI=1S/C20H20FN5O2S/c1-12(2)11-26-19(28)16-6-4-3-5-15(16)17(25-26)18(27)23-24-20(29)22-14-9-7-13(21)8-10-14/h3-10,12H,11H2,1-2H3,(H,23,27)(H2,22,24,29). The largest absolute Gasteiger partial charge is 0.331 e. The Morgan fingerprint density at radius 1 is 1.10 bits per heavy atom. The number of rotatable bonds is 4. The van der Waals surface area contributed by atoms with Gasteiger partial charge >= 0.3 is 0 Å². The van der Waals surface area contributed by atoms with E-state index >= 15 is 0 Å². The molecule has 0 aliphatic carbocycles. The van der Waals surface area contributed by atoms with Crippen molar-refractivity contribution >= 4 is 39.7 Å².